The van der Waals surface area contributed by atoms with Gasteiger partial charge in [-0.05, 0) is 38.0 Å². The highest BCUT2D eigenvalue weighted by atomic mass is 32.2. The molecule has 0 spiro atoms. The number of hydrogen-bond donors (Lipinski definition) is 0. The van der Waals surface area contributed by atoms with Crippen LogP contribution in [-0.4, -0.2) is 6.26 Å². The Morgan fingerprint density at radius 3 is 2.09 bits per heavy atom. The molecule has 0 nitrogen and oxygen atoms in total. The van der Waals surface area contributed by atoms with Crippen LogP contribution in [0.15, 0.2) is 35.8 Å². The SMILES string of the molecule is C/C=C/C(C)=C\SC.C=CC. The standard InChI is InChI=1S/C7H12S.C3H6/c1-4-5-7(2)6-8-3;1-3-2/h4-6H,1-3H3;3H,1H2,2H3/b5-4+,7-6-;. The van der Waals surface area contributed by atoms with E-state index < -0.39 is 0 Å². The lowest BCUT2D eigenvalue weighted by Crippen LogP contribution is -1.61. The van der Waals surface area contributed by atoms with Crippen molar-refractivity contribution in [3.8, 4) is 0 Å². The molecule has 64 valence electrons. The van der Waals surface area contributed by atoms with Crippen molar-refractivity contribution in [2.75, 3.05) is 6.26 Å². The van der Waals surface area contributed by atoms with E-state index in [1.807, 2.05) is 19.9 Å². The van der Waals surface area contributed by atoms with Crippen LogP contribution >= 0.6 is 11.8 Å². The van der Waals surface area contributed by atoms with Crippen molar-refractivity contribution in [1.82, 2.24) is 0 Å². The van der Waals surface area contributed by atoms with E-state index in [9.17, 15) is 0 Å². The van der Waals surface area contributed by atoms with E-state index in [4.69, 9.17) is 0 Å². The zero-order valence-electron chi connectivity index (χ0n) is 7.92. The predicted molar refractivity (Wildman–Crippen MR) is 58.0 cm³/mol. The van der Waals surface area contributed by atoms with Crippen molar-refractivity contribution in [3.63, 3.8) is 0 Å². The van der Waals surface area contributed by atoms with Gasteiger partial charge in [-0.25, -0.2) is 0 Å². The molecule has 0 aromatic carbocycles. The first-order valence-corrected chi connectivity index (χ1v) is 4.91. The van der Waals surface area contributed by atoms with Crippen LogP contribution in [0, 0.1) is 0 Å². The molecule has 0 N–H and O–H groups in total. The third-order valence-electron chi connectivity index (χ3n) is 0.733. The molecule has 0 aliphatic heterocycles. The van der Waals surface area contributed by atoms with Crippen molar-refractivity contribution in [1.29, 1.82) is 0 Å². The summed E-state index contributed by atoms with van der Waals surface area (Å²) in [4.78, 5) is 0. The van der Waals surface area contributed by atoms with Crippen LogP contribution < -0.4 is 0 Å². The molecular weight excluding hydrogens is 152 g/mol. The van der Waals surface area contributed by atoms with Crippen LogP contribution in [0.2, 0.25) is 0 Å². The Morgan fingerprint density at radius 2 is 1.82 bits per heavy atom. The largest absolute Gasteiger partial charge is 0.137 e. The normalized spacial score (nSPS) is 10.7. The second-order valence-corrected chi connectivity index (χ2v) is 2.71. The van der Waals surface area contributed by atoms with Crippen molar-refractivity contribution >= 4 is 11.8 Å². The fraction of sp³-hybridized carbons (Fsp3) is 0.400. The van der Waals surface area contributed by atoms with Gasteiger partial charge >= 0.3 is 0 Å². The molecule has 0 radical (unpaired) electrons. The summed E-state index contributed by atoms with van der Waals surface area (Å²) in [5.41, 5.74) is 1.32. The van der Waals surface area contributed by atoms with Crippen LogP contribution in [0.25, 0.3) is 0 Å². The summed E-state index contributed by atoms with van der Waals surface area (Å²) in [6.45, 7) is 9.37. The number of hydrogen-bond acceptors (Lipinski definition) is 1. The van der Waals surface area contributed by atoms with Gasteiger partial charge in [0.2, 0.25) is 0 Å². The fourth-order valence-electron chi connectivity index (χ4n) is 0.488. The summed E-state index contributed by atoms with van der Waals surface area (Å²) in [6, 6.07) is 0. The van der Waals surface area contributed by atoms with Crippen molar-refractivity contribution in [3.05, 3.63) is 35.8 Å². The van der Waals surface area contributed by atoms with Gasteiger partial charge < -0.3 is 0 Å². The molecule has 11 heavy (non-hydrogen) atoms. The van der Waals surface area contributed by atoms with Crippen LogP contribution in [-0.2, 0) is 0 Å². The molecule has 0 unspecified atom stereocenters. The Hall–Kier alpha value is -0.430. The third-order valence-corrected chi connectivity index (χ3v) is 1.34. The third kappa shape index (κ3) is 17.7. The van der Waals surface area contributed by atoms with Crippen molar-refractivity contribution in [2.45, 2.75) is 20.8 Å². The highest BCUT2D eigenvalue weighted by Crippen LogP contribution is 2.02. The van der Waals surface area contributed by atoms with Crippen LogP contribution in [0.3, 0.4) is 0 Å². The molecule has 1 heteroatoms. The van der Waals surface area contributed by atoms with Gasteiger partial charge in [0.15, 0.2) is 0 Å². The minimum atomic E-state index is 1.32. The molecule has 0 fully saturated rings. The van der Waals surface area contributed by atoms with Gasteiger partial charge in [-0.1, -0.05) is 18.2 Å². The molecular formula is C10H18S. The molecule has 0 aromatic rings. The highest BCUT2D eigenvalue weighted by Gasteiger charge is 1.74. The maximum absolute atomic E-state index is 3.36. The zero-order chi connectivity index (χ0) is 9.11. The Labute approximate surface area is 75.1 Å². The summed E-state index contributed by atoms with van der Waals surface area (Å²) in [5, 5.41) is 2.12. The summed E-state index contributed by atoms with van der Waals surface area (Å²) < 4.78 is 0. The zero-order valence-corrected chi connectivity index (χ0v) is 8.74. The lowest BCUT2D eigenvalue weighted by molar-refractivity contribution is 1.53. The summed E-state index contributed by atoms with van der Waals surface area (Å²) in [5.74, 6) is 0. The minimum Gasteiger partial charge on any atom is -0.137 e. The molecule has 0 aliphatic carbocycles. The van der Waals surface area contributed by atoms with E-state index in [0.717, 1.165) is 0 Å². The molecule has 0 aliphatic rings. The van der Waals surface area contributed by atoms with Crippen LogP contribution in [0.4, 0.5) is 0 Å². The second kappa shape index (κ2) is 12.3. The molecule has 0 bridgehead atoms. The van der Waals surface area contributed by atoms with E-state index in [2.05, 4.69) is 31.2 Å². The lowest BCUT2D eigenvalue weighted by Gasteiger charge is -1.85. The van der Waals surface area contributed by atoms with Gasteiger partial charge in [-0.2, -0.15) is 0 Å². The smallest absolute Gasteiger partial charge is 0.0142 e. The Kier molecular flexibility index (Phi) is 14.7. The van der Waals surface area contributed by atoms with E-state index in [1.165, 1.54) is 5.57 Å². The molecule has 0 saturated heterocycles. The van der Waals surface area contributed by atoms with Gasteiger partial charge in [-0.3, -0.25) is 0 Å². The van der Waals surface area contributed by atoms with E-state index in [1.54, 1.807) is 17.8 Å². The van der Waals surface area contributed by atoms with Crippen LogP contribution in [0.1, 0.15) is 20.8 Å². The molecule has 0 amide bonds. The highest BCUT2D eigenvalue weighted by molar-refractivity contribution is 8.01. The Bertz CT molecular complexity index is 132. The summed E-state index contributed by atoms with van der Waals surface area (Å²) in [7, 11) is 0. The Balaban J connectivity index is 0. The van der Waals surface area contributed by atoms with Gasteiger partial charge in [0.05, 0.1) is 0 Å². The molecule has 0 atom stereocenters. The molecule has 0 rings (SSSR count). The lowest BCUT2D eigenvalue weighted by atomic mass is 10.3. The van der Waals surface area contributed by atoms with Crippen molar-refractivity contribution in [2.24, 2.45) is 0 Å². The fourth-order valence-corrected chi connectivity index (χ4v) is 0.938. The minimum absolute atomic E-state index is 1.32. The number of thioether (sulfide) groups is 1. The van der Waals surface area contributed by atoms with Crippen molar-refractivity contribution < 1.29 is 0 Å². The maximum Gasteiger partial charge on any atom is -0.0142 e. The van der Waals surface area contributed by atoms with Crippen LogP contribution in [0.5, 0.6) is 0 Å². The summed E-state index contributed by atoms with van der Waals surface area (Å²) in [6.07, 6.45) is 7.95. The number of rotatable bonds is 2. The van der Waals surface area contributed by atoms with E-state index in [0.29, 0.717) is 0 Å². The number of allylic oxidation sites excluding steroid dienone is 4. The summed E-state index contributed by atoms with van der Waals surface area (Å²) >= 11 is 1.74. The van der Waals surface area contributed by atoms with E-state index in [-0.39, 0.29) is 0 Å². The van der Waals surface area contributed by atoms with Gasteiger partial charge in [0.1, 0.15) is 0 Å². The van der Waals surface area contributed by atoms with E-state index >= 15 is 0 Å². The Morgan fingerprint density at radius 1 is 1.36 bits per heavy atom. The topological polar surface area (TPSA) is 0 Å². The second-order valence-electron chi connectivity index (χ2n) is 2.01. The first-order chi connectivity index (χ1) is 5.22. The quantitative estimate of drug-likeness (QED) is 0.445. The first kappa shape index (κ1) is 13.2. The maximum atomic E-state index is 3.36. The van der Waals surface area contributed by atoms with Gasteiger partial charge in [-0.15, -0.1) is 18.3 Å². The van der Waals surface area contributed by atoms with Gasteiger partial charge in [0.25, 0.3) is 0 Å². The molecule has 0 aromatic heterocycles. The van der Waals surface area contributed by atoms with Gasteiger partial charge in [0, 0.05) is 0 Å². The first-order valence-electron chi connectivity index (χ1n) is 3.62. The average Bonchev–Trinajstić information content (AvgIpc) is 1.90. The molecule has 0 heterocycles. The predicted octanol–water partition coefficient (Wildman–Crippen LogP) is 4.02. The monoisotopic (exact) mass is 170 g/mol. The average molecular weight is 170 g/mol. The molecule has 0 saturated carbocycles.